The summed E-state index contributed by atoms with van der Waals surface area (Å²) in [7, 11) is 0. The number of aromatic nitrogens is 2. The Kier molecular flexibility index (Phi) is 8.12. The van der Waals surface area contributed by atoms with Crippen LogP contribution in [0.1, 0.15) is 13.8 Å². The van der Waals surface area contributed by atoms with Gasteiger partial charge in [-0.1, -0.05) is 23.9 Å². The molecule has 4 heteroatoms. The first kappa shape index (κ1) is 15.0. The topological polar surface area (TPSA) is 25.8 Å². The van der Waals surface area contributed by atoms with Crippen molar-refractivity contribution in [2.24, 2.45) is 0 Å². The molecule has 0 aliphatic rings. The summed E-state index contributed by atoms with van der Waals surface area (Å²) in [5.74, 6) is 0. The van der Waals surface area contributed by atoms with Gasteiger partial charge < -0.3 is 11.4 Å². The molecular formula is C11H11ClN2Y-2. The summed E-state index contributed by atoms with van der Waals surface area (Å²) >= 11 is 5.70. The van der Waals surface area contributed by atoms with Crippen LogP contribution in [-0.2, 0) is 32.7 Å². The zero-order chi connectivity index (χ0) is 10.4. The largest absolute Gasteiger partial charge is 0.385 e. The van der Waals surface area contributed by atoms with E-state index in [0.717, 1.165) is 11.0 Å². The molecule has 2 nitrogen and oxygen atoms in total. The maximum absolute atomic E-state index is 5.70. The van der Waals surface area contributed by atoms with Crippen molar-refractivity contribution in [2.75, 3.05) is 0 Å². The van der Waals surface area contributed by atoms with Gasteiger partial charge in [0.05, 0.1) is 0 Å². The molecule has 0 aliphatic heterocycles. The second-order valence-electron chi connectivity index (χ2n) is 2.71. The summed E-state index contributed by atoms with van der Waals surface area (Å²) in [6.45, 7) is 4.00. The summed E-state index contributed by atoms with van der Waals surface area (Å²) in [4.78, 5) is 8.04. The molecule has 15 heavy (non-hydrogen) atoms. The molecule has 0 fully saturated rings. The minimum atomic E-state index is 0. The first-order valence-corrected chi connectivity index (χ1v) is 4.68. The van der Waals surface area contributed by atoms with Gasteiger partial charge in [-0.25, -0.2) is 0 Å². The number of nitrogens with zero attached hydrogens (tertiary/aromatic N) is 2. The van der Waals surface area contributed by atoms with E-state index in [9.17, 15) is 0 Å². The molecule has 2 heterocycles. The molecule has 0 atom stereocenters. The summed E-state index contributed by atoms with van der Waals surface area (Å²) in [5, 5.41) is 0.601. The van der Waals surface area contributed by atoms with Gasteiger partial charge in [0.15, 0.2) is 0 Å². The number of hydrogen-bond acceptors (Lipinski definition) is 2. The Labute approximate surface area is 120 Å². The molecule has 0 aromatic carbocycles. The smallest absolute Gasteiger partial charge is 0.0488 e. The van der Waals surface area contributed by atoms with E-state index >= 15 is 0 Å². The Morgan fingerprint density at radius 3 is 2.67 bits per heavy atom. The van der Waals surface area contributed by atoms with Crippen LogP contribution in [0.25, 0.3) is 11.0 Å². The molecule has 0 unspecified atom stereocenters. The van der Waals surface area contributed by atoms with Crippen molar-refractivity contribution < 1.29 is 32.7 Å². The van der Waals surface area contributed by atoms with E-state index in [1.807, 2.05) is 26.3 Å². The van der Waals surface area contributed by atoms with Crippen LogP contribution in [0.15, 0.2) is 24.4 Å². The van der Waals surface area contributed by atoms with E-state index in [1.54, 1.807) is 18.3 Å². The fraction of sp³-hybridized carbons (Fsp3) is 0.182. The molecule has 0 saturated heterocycles. The quantitative estimate of drug-likeness (QED) is 0.697. The van der Waals surface area contributed by atoms with Gasteiger partial charge in [0.2, 0.25) is 0 Å². The Hall–Kier alpha value is -0.0461. The molecular weight excluding hydrogens is 284 g/mol. The molecule has 77 valence electrons. The number of rotatable bonds is 0. The molecule has 2 aromatic rings. The number of hydrogen-bond donors (Lipinski definition) is 0. The maximum Gasteiger partial charge on any atom is 0.0488 e. The van der Waals surface area contributed by atoms with Crippen LogP contribution in [0, 0.1) is 12.6 Å². The van der Waals surface area contributed by atoms with Crippen LogP contribution in [0.4, 0.5) is 0 Å². The van der Waals surface area contributed by atoms with Gasteiger partial charge in [-0.05, 0) is 11.0 Å². The van der Waals surface area contributed by atoms with Crippen molar-refractivity contribution in [3.05, 3.63) is 42.0 Å². The Morgan fingerprint density at radius 1 is 1.33 bits per heavy atom. The van der Waals surface area contributed by atoms with Crippen LogP contribution < -0.4 is 0 Å². The van der Waals surface area contributed by atoms with Gasteiger partial charge in [0, 0.05) is 43.9 Å². The van der Waals surface area contributed by atoms with E-state index in [4.69, 9.17) is 11.6 Å². The number of halogens is 1. The predicted octanol–water partition coefficient (Wildman–Crippen LogP) is 3.31. The summed E-state index contributed by atoms with van der Waals surface area (Å²) < 4.78 is 0. The molecule has 2 rings (SSSR count). The van der Waals surface area contributed by atoms with Gasteiger partial charge >= 0.3 is 0 Å². The van der Waals surface area contributed by atoms with Crippen molar-refractivity contribution in [1.82, 2.24) is 9.97 Å². The summed E-state index contributed by atoms with van der Waals surface area (Å²) in [5.41, 5.74) is 1.62. The average molecular weight is 296 g/mol. The number of pyridine rings is 2. The fourth-order valence-corrected chi connectivity index (χ4v) is 1.03. The zero-order valence-electron chi connectivity index (χ0n) is 8.74. The second kappa shape index (κ2) is 8.15. The Bertz CT molecular complexity index is 406. The van der Waals surface area contributed by atoms with Crippen LogP contribution in [0.5, 0.6) is 0 Å². The predicted molar refractivity (Wildman–Crippen MR) is 59.0 cm³/mol. The van der Waals surface area contributed by atoms with Crippen LogP contribution >= 0.6 is 11.6 Å². The first-order chi connectivity index (χ1) is 6.77. The van der Waals surface area contributed by atoms with E-state index in [-0.39, 0.29) is 32.7 Å². The van der Waals surface area contributed by atoms with Crippen molar-refractivity contribution in [1.29, 1.82) is 0 Å². The van der Waals surface area contributed by atoms with Gasteiger partial charge in [0.25, 0.3) is 0 Å². The normalized spacial score (nSPS) is 8.73. The van der Waals surface area contributed by atoms with Gasteiger partial charge in [-0.15, -0.1) is 6.07 Å². The third-order valence-corrected chi connectivity index (χ3v) is 1.57. The molecule has 1 radical (unpaired) electrons. The van der Waals surface area contributed by atoms with Crippen LogP contribution in [0.3, 0.4) is 0 Å². The minimum absolute atomic E-state index is 0. The fourth-order valence-electron chi connectivity index (χ4n) is 0.880. The molecule has 0 N–H and O–H groups in total. The Morgan fingerprint density at radius 2 is 2.00 bits per heavy atom. The molecule has 2 aromatic heterocycles. The monoisotopic (exact) mass is 295 g/mol. The Balaban J connectivity index is 0.000000443. The zero-order valence-corrected chi connectivity index (χ0v) is 12.3. The average Bonchev–Trinajstić information content (AvgIpc) is 2.19. The molecule has 0 saturated carbocycles. The number of fused-ring (bicyclic) bond motifs is 1. The third kappa shape index (κ3) is 5.01. The van der Waals surface area contributed by atoms with Crippen molar-refractivity contribution in [3.8, 4) is 0 Å². The van der Waals surface area contributed by atoms with E-state index in [2.05, 4.69) is 16.2 Å². The molecule has 0 spiro atoms. The van der Waals surface area contributed by atoms with Crippen LogP contribution in [-0.4, -0.2) is 9.97 Å². The van der Waals surface area contributed by atoms with E-state index < -0.39 is 0 Å². The van der Waals surface area contributed by atoms with Crippen LogP contribution in [0.2, 0.25) is 5.02 Å². The van der Waals surface area contributed by atoms with Crippen molar-refractivity contribution in [2.45, 2.75) is 13.8 Å². The third-order valence-electron chi connectivity index (χ3n) is 1.36. The van der Waals surface area contributed by atoms with Gasteiger partial charge in [-0.2, -0.15) is 19.9 Å². The minimum Gasteiger partial charge on any atom is -0.385 e. The second-order valence-corrected chi connectivity index (χ2v) is 3.15. The molecule has 0 aliphatic carbocycles. The first-order valence-electron chi connectivity index (χ1n) is 4.30. The molecule has 0 amide bonds. The molecule has 0 bridgehead atoms. The van der Waals surface area contributed by atoms with Gasteiger partial charge in [0.1, 0.15) is 0 Å². The van der Waals surface area contributed by atoms with E-state index in [1.165, 1.54) is 0 Å². The maximum atomic E-state index is 5.70. The van der Waals surface area contributed by atoms with Crippen molar-refractivity contribution >= 4 is 22.6 Å². The van der Waals surface area contributed by atoms with Crippen molar-refractivity contribution in [3.63, 3.8) is 0 Å². The SMILES string of the molecule is C[CH-]C.Clc1cnc2cc[c-]nc2c1.[Y]. The standard InChI is InChI=1S/C8H4ClN2.C3H7.Y/c9-6-4-8-7(11-5-6)2-1-3-10-8;1-3-2;/h1-2,4-5H;3H,1-2H3;/q2*-1;. The van der Waals surface area contributed by atoms with E-state index in [0.29, 0.717) is 5.02 Å². The summed E-state index contributed by atoms with van der Waals surface area (Å²) in [6, 6.07) is 5.34. The summed E-state index contributed by atoms with van der Waals surface area (Å²) in [6.07, 6.45) is 6.32. The van der Waals surface area contributed by atoms with Gasteiger partial charge in [-0.3, -0.25) is 4.98 Å².